The Balaban J connectivity index is 1.40. The van der Waals surface area contributed by atoms with Crippen LogP contribution in [0.1, 0.15) is 49.7 Å². The Morgan fingerprint density at radius 1 is 0.971 bits per heavy atom. The predicted molar refractivity (Wildman–Crippen MR) is 133 cm³/mol. The van der Waals surface area contributed by atoms with Crippen LogP contribution in [0.25, 0.3) is 0 Å². The second kappa shape index (κ2) is 10.5. The van der Waals surface area contributed by atoms with Crippen LogP contribution in [0.15, 0.2) is 54.6 Å². The predicted octanol–water partition coefficient (Wildman–Crippen LogP) is 3.36. The number of carbonyl (C=O) groups excluding carboxylic acids is 1. The van der Waals surface area contributed by atoms with E-state index in [2.05, 4.69) is 29.2 Å². The molecule has 2 N–H and O–H groups in total. The van der Waals surface area contributed by atoms with Crippen LogP contribution in [0.2, 0.25) is 0 Å². The zero-order chi connectivity index (χ0) is 24.2. The maximum Gasteiger partial charge on any atom is 0.219 e. The molecule has 4 rings (SSSR count). The number of nitrogens with zero attached hydrogens (tertiary/aromatic N) is 2. The molecule has 0 spiro atoms. The molecule has 0 aromatic heterocycles. The number of β-amino-alcohol motifs (C(OH)–C–C–N with tert-alkyl or cyclic N) is 2. The van der Waals surface area contributed by atoms with Crippen LogP contribution in [0.4, 0.5) is 0 Å². The summed E-state index contributed by atoms with van der Waals surface area (Å²) in [6.07, 6.45) is 3.37. The van der Waals surface area contributed by atoms with Gasteiger partial charge in [-0.15, -0.1) is 0 Å². The minimum absolute atomic E-state index is 0.0577. The molecule has 2 aromatic carbocycles. The molecule has 1 heterocycles. The van der Waals surface area contributed by atoms with Crippen molar-refractivity contribution < 1.29 is 19.7 Å². The molecule has 2 aliphatic rings. The van der Waals surface area contributed by atoms with E-state index >= 15 is 0 Å². The van der Waals surface area contributed by atoms with Crippen molar-refractivity contribution in [3.05, 3.63) is 65.7 Å². The van der Waals surface area contributed by atoms with E-state index in [1.54, 1.807) is 4.90 Å². The first kappa shape index (κ1) is 24.7. The highest BCUT2D eigenvalue weighted by atomic mass is 16.5. The first-order valence-corrected chi connectivity index (χ1v) is 12.4. The number of ether oxygens (including phenoxy) is 1. The Hall–Kier alpha value is -2.41. The highest BCUT2D eigenvalue weighted by molar-refractivity contribution is 5.73. The Bertz CT molecular complexity index is 941. The topological polar surface area (TPSA) is 73.2 Å². The van der Waals surface area contributed by atoms with Crippen LogP contribution in [0.5, 0.6) is 5.75 Å². The van der Waals surface area contributed by atoms with Gasteiger partial charge < -0.3 is 19.8 Å². The van der Waals surface area contributed by atoms with Crippen LogP contribution in [0, 0.1) is 6.92 Å². The molecule has 34 heavy (non-hydrogen) atoms. The molecule has 1 aliphatic carbocycles. The van der Waals surface area contributed by atoms with Crippen LogP contribution in [-0.2, 0) is 4.79 Å². The molecule has 6 heteroatoms. The van der Waals surface area contributed by atoms with E-state index in [-0.39, 0.29) is 19.1 Å². The molecule has 1 saturated heterocycles. The van der Waals surface area contributed by atoms with Gasteiger partial charge in [0.05, 0.1) is 12.1 Å². The largest absolute Gasteiger partial charge is 0.490 e. The quantitative estimate of drug-likeness (QED) is 0.683. The van der Waals surface area contributed by atoms with Crippen LogP contribution in [-0.4, -0.2) is 76.5 Å². The van der Waals surface area contributed by atoms with Gasteiger partial charge in [-0.3, -0.25) is 9.69 Å². The fourth-order valence-corrected chi connectivity index (χ4v) is 5.38. The molecule has 1 saturated carbocycles. The number of aryl methyl sites for hydroxylation is 1. The molecule has 1 aliphatic heterocycles. The lowest BCUT2D eigenvalue weighted by Gasteiger charge is -2.40. The van der Waals surface area contributed by atoms with Gasteiger partial charge in [0.1, 0.15) is 18.0 Å². The molecular formula is C28H38N2O4. The fraction of sp³-hybridized carbons (Fsp3) is 0.536. The van der Waals surface area contributed by atoms with Crippen molar-refractivity contribution >= 4 is 5.91 Å². The molecule has 1 amide bonds. The van der Waals surface area contributed by atoms with Crippen molar-refractivity contribution in [2.45, 2.75) is 56.7 Å². The van der Waals surface area contributed by atoms with E-state index in [4.69, 9.17) is 4.74 Å². The average Bonchev–Trinajstić information content (AvgIpc) is 2.98. The first-order valence-electron chi connectivity index (χ1n) is 12.4. The lowest BCUT2D eigenvalue weighted by atomic mass is 9.76. The lowest BCUT2D eigenvalue weighted by molar-refractivity contribution is -0.132. The van der Waals surface area contributed by atoms with Gasteiger partial charge >= 0.3 is 0 Å². The second-order valence-electron chi connectivity index (χ2n) is 10.4. The molecule has 0 unspecified atom stereocenters. The Kier molecular flexibility index (Phi) is 7.60. The zero-order valence-corrected chi connectivity index (χ0v) is 20.4. The summed E-state index contributed by atoms with van der Waals surface area (Å²) < 4.78 is 5.94. The summed E-state index contributed by atoms with van der Waals surface area (Å²) in [5.41, 5.74) is 0.490. The average molecular weight is 467 g/mol. The monoisotopic (exact) mass is 466 g/mol. The van der Waals surface area contributed by atoms with Gasteiger partial charge in [0.2, 0.25) is 5.91 Å². The number of rotatable bonds is 6. The smallest absolute Gasteiger partial charge is 0.219 e. The molecule has 2 aromatic rings. The third-order valence-corrected chi connectivity index (χ3v) is 7.37. The Morgan fingerprint density at radius 2 is 1.65 bits per heavy atom. The molecule has 6 nitrogen and oxygen atoms in total. The maximum absolute atomic E-state index is 12.2. The first-order chi connectivity index (χ1) is 16.2. The highest BCUT2D eigenvalue weighted by Gasteiger charge is 2.41. The van der Waals surface area contributed by atoms with Crippen molar-refractivity contribution in [2.24, 2.45) is 0 Å². The summed E-state index contributed by atoms with van der Waals surface area (Å²) in [6, 6.07) is 18.3. The fourth-order valence-electron chi connectivity index (χ4n) is 5.38. The van der Waals surface area contributed by atoms with Crippen molar-refractivity contribution in [1.82, 2.24) is 9.80 Å². The Labute approximate surface area is 203 Å². The number of hydrogen-bond donors (Lipinski definition) is 2. The van der Waals surface area contributed by atoms with Crippen molar-refractivity contribution in [2.75, 3.05) is 39.3 Å². The van der Waals surface area contributed by atoms with E-state index in [9.17, 15) is 15.0 Å². The zero-order valence-electron chi connectivity index (χ0n) is 20.4. The number of benzene rings is 2. The van der Waals surface area contributed by atoms with Crippen LogP contribution < -0.4 is 4.74 Å². The summed E-state index contributed by atoms with van der Waals surface area (Å²) in [5.74, 6) is 1.12. The summed E-state index contributed by atoms with van der Waals surface area (Å²) >= 11 is 0. The van der Waals surface area contributed by atoms with Gasteiger partial charge in [0, 0.05) is 33.1 Å². The number of aliphatic hydroxyl groups is 2. The molecule has 184 valence electrons. The van der Waals surface area contributed by atoms with E-state index in [1.165, 1.54) is 12.5 Å². The minimum Gasteiger partial charge on any atom is -0.490 e. The third-order valence-electron chi connectivity index (χ3n) is 7.37. The van der Waals surface area contributed by atoms with Crippen molar-refractivity contribution in [3.63, 3.8) is 0 Å². The van der Waals surface area contributed by atoms with Crippen molar-refractivity contribution in [3.8, 4) is 5.75 Å². The summed E-state index contributed by atoms with van der Waals surface area (Å²) in [7, 11) is 0. The van der Waals surface area contributed by atoms with Gasteiger partial charge in [-0.1, -0.05) is 48.0 Å². The third kappa shape index (κ3) is 6.38. The SMILES string of the molecule is CC(=O)N1CCN(CC2(O)CCC(c3ccccc3)CC2)C[C@@](O)(COc2ccc(C)cc2)C1. The summed E-state index contributed by atoms with van der Waals surface area (Å²) in [6.45, 7) is 5.87. The molecule has 0 radical (unpaired) electrons. The van der Waals surface area contributed by atoms with Crippen LogP contribution in [0.3, 0.4) is 0 Å². The highest BCUT2D eigenvalue weighted by Crippen LogP contribution is 2.38. The maximum atomic E-state index is 12.2. The standard InChI is InChI=1S/C28H38N2O4/c1-22-8-10-26(11-9-22)34-21-28(33)19-29(16-17-30(20-28)23(2)31)18-27(32)14-12-25(13-15-27)24-6-4-3-5-7-24/h3-11,25,32-33H,12-21H2,1-2H3/t25?,27?,28-/m0/s1. The Morgan fingerprint density at radius 3 is 2.29 bits per heavy atom. The second-order valence-corrected chi connectivity index (χ2v) is 10.4. The van der Waals surface area contributed by atoms with E-state index in [0.29, 0.717) is 37.8 Å². The lowest BCUT2D eigenvalue weighted by Crippen LogP contribution is -2.54. The van der Waals surface area contributed by atoms with Gasteiger partial charge in [-0.25, -0.2) is 0 Å². The van der Waals surface area contributed by atoms with Gasteiger partial charge in [-0.2, -0.15) is 0 Å². The normalized spacial score (nSPS) is 28.4. The molecular weight excluding hydrogens is 428 g/mol. The van der Waals surface area contributed by atoms with Crippen LogP contribution >= 0.6 is 0 Å². The number of carbonyl (C=O) groups is 1. The van der Waals surface area contributed by atoms with Gasteiger partial charge in [-0.05, 0) is 56.2 Å². The molecule has 0 bridgehead atoms. The van der Waals surface area contributed by atoms with Gasteiger partial charge in [0.25, 0.3) is 0 Å². The van der Waals surface area contributed by atoms with E-state index < -0.39 is 11.2 Å². The van der Waals surface area contributed by atoms with E-state index in [0.717, 1.165) is 31.2 Å². The summed E-state index contributed by atoms with van der Waals surface area (Å²) in [4.78, 5) is 16.0. The molecule has 2 fully saturated rings. The number of amides is 1. The van der Waals surface area contributed by atoms with Crippen molar-refractivity contribution in [1.29, 1.82) is 0 Å². The van der Waals surface area contributed by atoms with Gasteiger partial charge in [0.15, 0.2) is 0 Å². The minimum atomic E-state index is -1.22. The molecule has 1 atom stereocenters. The van der Waals surface area contributed by atoms with E-state index in [1.807, 2.05) is 37.3 Å². The summed E-state index contributed by atoms with van der Waals surface area (Å²) in [5, 5.41) is 22.9. The number of hydrogen-bond acceptors (Lipinski definition) is 5.